The molecule has 1 rings (SSSR count). The fourth-order valence-electron chi connectivity index (χ4n) is 2.90. The Morgan fingerprint density at radius 3 is 2.47 bits per heavy atom. The van der Waals surface area contributed by atoms with E-state index in [1.54, 1.807) is 20.8 Å². The van der Waals surface area contributed by atoms with Crippen molar-refractivity contribution >= 4 is 27.7 Å². The summed E-state index contributed by atoms with van der Waals surface area (Å²) in [6.07, 6.45) is 1.84. The molecule has 0 saturated carbocycles. The van der Waals surface area contributed by atoms with E-state index in [1.165, 1.54) is 31.4 Å². The van der Waals surface area contributed by atoms with Crippen LogP contribution in [0.2, 0.25) is 0 Å². The molecule has 0 heterocycles. The van der Waals surface area contributed by atoms with Gasteiger partial charge in [-0.25, -0.2) is 13.2 Å². The zero-order valence-corrected chi connectivity index (χ0v) is 21.4. The molecule has 0 aliphatic rings. The minimum absolute atomic E-state index is 0.165. The average molecular weight is 529 g/mol. The number of benzene rings is 1. The summed E-state index contributed by atoms with van der Waals surface area (Å²) in [6, 6.07) is 3.09. The number of primary amides is 1. The van der Waals surface area contributed by atoms with Crippen LogP contribution in [0.3, 0.4) is 0 Å². The fraction of sp³-hybridized carbons (Fsp3) is 0.455. The number of nitrogens with two attached hydrogens (primary N) is 1. The third-order valence-electron chi connectivity index (χ3n) is 4.32. The predicted molar refractivity (Wildman–Crippen MR) is 130 cm³/mol. The van der Waals surface area contributed by atoms with E-state index in [0.29, 0.717) is 4.47 Å². The van der Waals surface area contributed by atoms with Crippen molar-refractivity contribution in [1.29, 1.82) is 0 Å². The van der Waals surface area contributed by atoms with Crippen LogP contribution in [0.1, 0.15) is 27.2 Å². The molecule has 2 amide bonds. The average Bonchev–Trinajstić information content (AvgIpc) is 2.78. The third-order valence-corrected chi connectivity index (χ3v) is 6.05. The Morgan fingerprint density at radius 2 is 1.94 bits per heavy atom. The van der Waals surface area contributed by atoms with Gasteiger partial charge >= 0.3 is 6.09 Å². The van der Waals surface area contributed by atoms with Crippen molar-refractivity contribution in [3.63, 3.8) is 0 Å². The first-order valence-electron chi connectivity index (χ1n) is 10.7. The number of carbonyl (C=O) groups is 2. The fourth-order valence-corrected chi connectivity index (χ4v) is 4.48. The van der Waals surface area contributed by atoms with Crippen LogP contribution in [0, 0.1) is 10.1 Å². The lowest BCUT2D eigenvalue weighted by Gasteiger charge is -2.31. The lowest BCUT2D eigenvalue weighted by atomic mass is 10.1. The van der Waals surface area contributed by atoms with Gasteiger partial charge in [-0.1, -0.05) is 28.8 Å². The molecular weight excluding hydrogens is 496 g/mol. The van der Waals surface area contributed by atoms with E-state index in [1.807, 2.05) is 0 Å². The predicted octanol–water partition coefficient (Wildman–Crippen LogP) is 2.04. The molecule has 0 fully saturated rings. The number of methoxy groups -OCH3 is 1. The summed E-state index contributed by atoms with van der Waals surface area (Å²) in [5.74, 6) is -1.01. The number of ether oxygens (including phenoxy) is 2. The summed E-state index contributed by atoms with van der Waals surface area (Å²) in [5.41, 5.74) is 3.74. The largest absolute Gasteiger partial charge is 0.444 e. The molecule has 1 aromatic rings. The number of nitrogens with one attached hydrogen (secondary N) is 1. The maximum Gasteiger partial charge on any atom is 0.407 e. The Labute approximate surface area is 210 Å². The Bertz CT molecular complexity index is 1080. The molecule has 0 bridgehead atoms. The summed E-state index contributed by atoms with van der Waals surface area (Å²) in [4.78, 5) is 40.1. The van der Waals surface area contributed by atoms with Crippen molar-refractivity contribution in [1.82, 2.24) is 9.79 Å². The summed E-state index contributed by atoms with van der Waals surface area (Å²) in [7, 11) is -3.36. The number of hydroxylamine groups is 1. The number of rotatable bonds is 14. The molecule has 0 aliphatic heterocycles. The van der Waals surface area contributed by atoms with Crippen molar-refractivity contribution < 1.29 is 37.2 Å². The number of sulfonamides is 1. The normalized spacial score (nSPS) is 13.2. The highest BCUT2D eigenvalue weighted by Crippen LogP contribution is 2.29. The topological polar surface area (TPSA) is 180 Å². The Morgan fingerprint density at radius 1 is 1.31 bits per heavy atom. The van der Waals surface area contributed by atoms with Crippen molar-refractivity contribution in [3.05, 3.63) is 58.7 Å². The van der Waals surface area contributed by atoms with Gasteiger partial charge in [0.1, 0.15) is 5.60 Å². The summed E-state index contributed by atoms with van der Waals surface area (Å²) in [5, 5.41) is 13.9. The number of para-hydroxylation sites is 1. The molecule has 14 heteroatoms. The van der Waals surface area contributed by atoms with E-state index in [9.17, 15) is 28.1 Å². The summed E-state index contributed by atoms with van der Waals surface area (Å²) in [6.45, 7) is 7.66. The molecule has 0 aliphatic carbocycles. The van der Waals surface area contributed by atoms with Gasteiger partial charge in [0.25, 0.3) is 15.7 Å². The lowest BCUT2D eigenvalue weighted by molar-refractivity contribution is -0.387. The van der Waals surface area contributed by atoms with Gasteiger partial charge in [0.2, 0.25) is 5.91 Å². The van der Waals surface area contributed by atoms with Crippen molar-refractivity contribution in [2.24, 2.45) is 5.73 Å². The monoisotopic (exact) mass is 528 g/mol. The van der Waals surface area contributed by atoms with Gasteiger partial charge in [-0.3, -0.25) is 19.7 Å². The molecule has 0 aromatic heterocycles. The molecule has 0 spiro atoms. The van der Waals surface area contributed by atoms with E-state index in [2.05, 4.69) is 11.9 Å². The van der Waals surface area contributed by atoms with E-state index < -0.39 is 55.7 Å². The van der Waals surface area contributed by atoms with Gasteiger partial charge in [0, 0.05) is 31.9 Å². The lowest BCUT2D eigenvalue weighted by Crippen LogP contribution is -2.50. The van der Waals surface area contributed by atoms with Gasteiger partial charge in [0.05, 0.1) is 17.6 Å². The van der Waals surface area contributed by atoms with Crippen molar-refractivity contribution in [2.45, 2.75) is 43.7 Å². The highest BCUT2D eigenvalue weighted by atomic mass is 32.2. The van der Waals surface area contributed by atoms with Crippen molar-refractivity contribution in [2.75, 3.05) is 26.9 Å². The van der Waals surface area contributed by atoms with Crippen LogP contribution in [-0.2, 0) is 29.1 Å². The van der Waals surface area contributed by atoms with Crippen LogP contribution >= 0.6 is 0 Å². The van der Waals surface area contributed by atoms with Crippen LogP contribution < -0.4 is 11.1 Å². The standard InChI is InChI=1S/C22H32N4O9S/c1-6-13-34-26(36(31,32)19-12-8-7-11-17(19)25(29)30)18(15-24-21(28)35-22(2,3)4)16(20(23)27)10-9-14-33-5/h6-8,10-12,18H,1,9,13-15H2,2-5H3,(H2,23,27)(H,24,28)/b16-10+/t18-/m0/s1. The number of hydrogen-bond acceptors (Lipinski definition) is 9. The number of amides is 2. The molecule has 36 heavy (non-hydrogen) atoms. The minimum Gasteiger partial charge on any atom is -0.444 e. The van der Waals surface area contributed by atoms with Crippen molar-refractivity contribution in [3.8, 4) is 0 Å². The molecule has 0 unspecified atom stereocenters. The van der Waals surface area contributed by atoms with Crippen LogP contribution in [0.15, 0.2) is 53.5 Å². The molecule has 200 valence electrons. The highest BCUT2D eigenvalue weighted by molar-refractivity contribution is 7.89. The van der Waals surface area contributed by atoms with E-state index in [0.717, 1.165) is 12.1 Å². The molecule has 0 saturated heterocycles. The number of nitro benzene ring substituents is 1. The van der Waals surface area contributed by atoms with Gasteiger partial charge in [-0.2, -0.15) is 0 Å². The van der Waals surface area contributed by atoms with Crippen LogP contribution in [-0.4, -0.2) is 68.3 Å². The summed E-state index contributed by atoms with van der Waals surface area (Å²) >= 11 is 0. The number of hydrogen-bond donors (Lipinski definition) is 2. The first-order valence-corrected chi connectivity index (χ1v) is 12.2. The Hall–Kier alpha value is -3.33. The number of nitro groups is 1. The van der Waals surface area contributed by atoms with Crippen LogP contribution in [0.25, 0.3) is 0 Å². The second-order valence-corrected chi connectivity index (χ2v) is 10.0. The van der Waals surface area contributed by atoms with Gasteiger partial charge in [0.15, 0.2) is 4.90 Å². The summed E-state index contributed by atoms with van der Waals surface area (Å²) < 4.78 is 37.9. The quantitative estimate of drug-likeness (QED) is 0.120. The van der Waals surface area contributed by atoms with Crippen LogP contribution in [0.5, 0.6) is 0 Å². The van der Waals surface area contributed by atoms with Gasteiger partial charge < -0.3 is 20.5 Å². The third kappa shape index (κ3) is 9.03. The smallest absolute Gasteiger partial charge is 0.407 e. The second kappa shape index (κ2) is 13.7. The molecular formula is C22H32N4O9S. The molecule has 3 N–H and O–H groups in total. The molecule has 13 nitrogen and oxygen atoms in total. The Kier molecular flexibility index (Phi) is 11.7. The second-order valence-electron chi connectivity index (χ2n) is 8.27. The molecule has 1 aromatic carbocycles. The Balaban J connectivity index is 3.67. The van der Waals surface area contributed by atoms with Crippen LogP contribution in [0.4, 0.5) is 10.5 Å². The van der Waals surface area contributed by atoms with Gasteiger partial charge in [-0.15, -0.1) is 6.58 Å². The molecule has 0 radical (unpaired) electrons. The van der Waals surface area contributed by atoms with E-state index >= 15 is 0 Å². The zero-order chi connectivity index (χ0) is 27.5. The minimum atomic E-state index is -4.79. The number of alkyl carbamates (subject to hydrolysis) is 1. The SMILES string of the molecule is C=CCON([C@@H](CNC(=O)OC(C)(C)C)/C(=C\CCOC)C(N)=O)S(=O)(=O)c1ccccc1[N+](=O)[O-]. The first kappa shape index (κ1) is 30.7. The maximum absolute atomic E-state index is 13.6. The maximum atomic E-state index is 13.6. The number of nitrogens with zero attached hydrogens (tertiary/aromatic N) is 2. The highest BCUT2D eigenvalue weighted by Gasteiger charge is 2.40. The van der Waals surface area contributed by atoms with E-state index in [-0.39, 0.29) is 25.2 Å². The zero-order valence-electron chi connectivity index (χ0n) is 20.6. The number of carbonyl (C=O) groups excluding carboxylic acids is 2. The van der Waals surface area contributed by atoms with Gasteiger partial charge in [-0.05, 0) is 33.3 Å². The molecule has 1 atom stereocenters. The first-order chi connectivity index (χ1) is 16.8. The van der Waals surface area contributed by atoms with E-state index in [4.69, 9.17) is 20.0 Å².